The summed E-state index contributed by atoms with van der Waals surface area (Å²) < 4.78 is 7.15. The molecule has 112 valence electrons. The molecule has 0 aliphatic rings. The largest absolute Gasteiger partial charge is 0.462 e. The number of ether oxygens (including phenoxy) is 1. The summed E-state index contributed by atoms with van der Waals surface area (Å²) in [7, 11) is 5.71. The highest BCUT2D eigenvalue weighted by atomic mass is 16.5. The van der Waals surface area contributed by atoms with Gasteiger partial charge in [-0.05, 0) is 18.2 Å². The van der Waals surface area contributed by atoms with Gasteiger partial charge in [-0.15, -0.1) is 0 Å². The van der Waals surface area contributed by atoms with Crippen LogP contribution in [-0.4, -0.2) is 36.2 Å². The quantitative estimate of drug-likeness (QED) is 0.666. The number of carbonyl (C=O) groups is 1. The van der Waals surface area contributed by atoms with Crippen molar-refractivity contribution < 1.29 is 9.53 Å². The van der Waals surface area contributed by atoms with Crippen LogP contribution in [0.2, 0.25) is 0 Å². The molecule has 6 heteroatoms. The first-order valence-electron chi connectivity index (χ1n) is 6.69. The second-order valence-corrected chi connectivity index (χ2v) is 5.01. The van der Waals surface area contributed by atoms with Gasteiger partial charge in [0.15, 0.2) is 0 Å². The van der Waals surface area contributed by atoms with Crippen molar-refractivity contribution in [3.05, 3.63) is 42.0 Å². The number of imidazole rings is 1. The molecule has 1 heterocycles. The van der Waals surface area contributed by atoms with Gasteiger partial charge in [0, 0.05) is 40.0 Å². The van der Waals surface area contributed by atoms with Crippen LogP contribution in [0.25, 0.3) is 0 Å². The van der Waals surface area contributed by atoms with Crippen LogP contribution < -0.4 is 10.6 Å². The SMILES string of the molecule is CN(C)c1ccc(C(=O)OCCc2nccn2C)cc1N. The number of benzene rings is 1. The second kappa shape index (κ2) is 6.30. The number of nitrogen functional groups attached to an aromatic ring is 1. The van der Waals surface area contributed by atoms with E-state index in [-0.39, 0.29) is 5.97 Å². The van der Waals surface area contributed by atoms with E-state index in [9.17, 15) is 4.79 Å². The van der Waals surface area contributed by atoms with Crippen LogP contribution in [0.1, 0.15) is 16.2 Å². The molecular formula is C15H20N4O2. The molecule has 2 N–H and O–H groups in total. The van der Waals surface area contributed by atoms with Crippen LogP contribution in [0, 0.1) is 0 Å². The van der Waals surface area contributed by atoms with Crippen LogP contribution in [0.15, 0.2) is 30.6 Å². The van der Waals surface area contributed by atoms with Crippen molar-refractivity contribution in [2.45, 2.75) is 6.42 Å². The molecule has 0 saturated carbocycles. The molecule has 6 nitrogen and oxygen atoms in total. The number of esters is 1. The molecule has 0 spiro atoms. The average Bonchev–Trinajstić information content (AvgIpc) is 2.83. The van der Waals surface area contributed by atoms with E-state index in [4.69, 9.17) is 10.5 Å². The molecule has 0 aliphatic heterocycles. The van der Waals surface area contributed by atoms with Crippen molar-refractivity contribution in [3.8, 4) is 0 Å². The summed E-state index contributed by atoms with van der Waals surface area (Å²) in [6.45, 7) is 0.291. The smallest absolute Gasteiger partial charge is 0.338 e. The molecule has 0 radical (unpaired) electrons. The van der Waals surface area contributed by atoms with Crippen molar-refractivity contribution in [2.24, 2.45) is 7.05 Å². The molecule has 21 heavy (non-hydrogen) atoms. The first-order chi connectivity index (χ1) is 9.99. The number of carbonyl (C=O) groups excluding carboxylic acids is 1. The molecule has 0 atom stereocenters. The van der Waals surface area contributed by atoms with Gasteiger partial charge in [0.2, 0.25) is 0 Å². The fourth-order valence-electron chi connectivity index (χ4n) is 2.04. The minimum absolute atomic E-state index is 0.291. The Balaban J connectivity index is 1.94. The maximum Gasteiger partial charge on any atom is 0.338 e. The van der Waals surface area contributed by atoms with Crippen molar-refractivity contribution in [3.63, 3.8) is 0 Å². The summed E-state index contributed by atoms with van der Waals surface area (Å²) in [6.07, 6.45) is 4.16. The molecule has 0 saturated heterocycles. The topological polar surface area (TPSA) is 73.4 Å². The Labute approximate surface area is 124 Å². The molecule has 0 amide bonds. The molecule has 2 rings (SSSR count). The lowest BCUT2D eigenvalue weighted by atomic mass is 10.1. The summed E-state index contributed by atoms with van der Waals surface area (Å²) >= 11 is 0. The second-order valence-electron chi connectivity index (χ2n) is 5.01. The lowest BCUT2D eigenvalue weighted by Gasteiger charge is -2.15. The van der Waals surface area contributed by atoms with Gasteiger partial charge in [0.1, 0.15) is 5.82 Å². The monoisotopic (exact) mass is 288 g/mol. The molecule has 1 aromatic heterocycles. The Morgan fingerprint density at radius 2 is 2.19 bits per heavy atom. The zero-order chi connectivity index (χ0) is 15.4. The lowest BCUT2D eigenvalue weighted by Crippen LogP contribution is -2.13. The van der Waals surface area contributed by atoms with Gasteiger partial charge in [-0.25, -0.2) is 9.78 Å². The Morgan fingerprint density at radius 1 is 1.43 bits per heavy atom. The van der Waals surface area contributed by atoms with E-state index >= 15 is 0 Å². The number of nitrogens with zero attached hydrogens (tertiary/aromatic N) is 3. The zero-order valence-electron chi connectivity index (χ0n) is 12.5. The van der Waals surface area contributed by atoms with E-state index in [0.717, 1.165) is 11.5 Å². The van der Waals surface area contributed by atoms with Crippen LogP contribution in [0.5, 0.6) is 0 Å². The standard InChI is InChI=1S/C15H20N4O2/c1-18(2)13-5-4-11(10-12(13)16)15(20)21-9-6-14-17-7-8-19(14)3/h4-5,7-8,10H,6,9,16H2,1-3H3. The maximum absolute atomic E-state index is 12.0. The summed E-state index contributed by atoms with van der Waals surface area (Å²) in [5.74, 6) is 0.506. The summed E-state index contributed by atoms with van der Waals surface area (Å²) in [5, 5.41) is 0. The Kier molecular flexibility index (Phi) is 4.47. The van der Waals surface area contributed by atoms with Gasteiger partial charge in [-0.3, -0.25) is 0 Å². The highest BCUT2D eigenvalue weighted by Gasteiger charge is 2.11. The van der Waals surface area contributed by atoms with Crippen molar-refractivity contribution in [2.75, 3.05) is 31.3 Å². The van der Waals surface area contributed by atoms with Crippen molar-refractivity contribution in [1.29, 1.82) is 0 Å². The van der Waals surface area contributed by atoms with Crippen LogP contribution >= 0.6 is 0 Å². The molecule has 1 aromatic carbocycles. The molecule has 0 unspecified atom stereocenters. The minimum atomic E-state index is -0.374. The maximum atomic E-state index is 12.0. The predicted octanol–water partition coefficient (Wildman–Crippen LogP) is 1.47. The third-order valence-electron chi connectivity index (χ3n) is 3.22. The molecule has 0 aliphatic carbocycles. The fourth-order valence-corrected chi connectivity index (χ4v) is 2.04. The molecule has 0 fully saturated rings. The van der Waals surface area contributed by atoms with Crippen LogP contribution in [-0.2, 0) is 18.2 Å². The third kappa shape index (κ3) is 3.53. The van der Waals surface area contributed by atoms with Crippen molar-refractivity contribution in [1.82, 2.24) is 9.55 Å². The van der Waals surface area contributed by atoms with Gasteiger partial charge in [0.25, 0.3) is 0 Å². The van der Waals surface area contributed by atoms with Gasteiger partial charge in [-0.1, -0.05) is 0 Å². The molecule has 0 bridgehead atoms. The first-order valence-corrected chi connectivity index (χ1v) is 6.69. The number of aromatic nitrogens is 2. The van der Waals surface area contributed by atoms with Crippen LogP contribution in [0.4, 0.5) is 11.4 Å². The highest BCUT2D eigenvalue weighted by molar-refractivity contribution is 5.92. The third-order valence-corrected chi connectivity index (χ3v) is 3.22. The van der Waals surface area contributed by atoms with E-state index in [0.29, 0.717) is 24.3 Å². The van der Waals surface area contributed by atoms with Crippen molar-refractivity contribution >= 4 is 17.3 Å². The van der Waals surface area contributed by atoms with E-state index in [1.54, 1.807) is 18.3 Å². The van der Waals surface area contributed by atoms with Crippen LogP contribution in [0.3, 0.4) is 0 Å². The number of hydrogen-bond acceptors (Lipinski definition) is 5. The number of aryl methyl sites for hydroxylation is 1. The predicted molar refractivity (Wildman–Crippen MR) is 82.4 cm³/mol. The van der Waals surface area contributed by atoms with Gasteiger partial charge in [0.05, 0.1) is 23.5 Å². The normalized spacial score (nSPS) is 10.4. The average molecular weight is 288 g/mol. The number of nitrogens with two attached hydrogens (primary N) is 1. The Bertz CT molecular complexity index is 634. The van der Waals surface area contributed by atoms with E-state index < -0.39 is 0 Å². The van der Waals surface area contributed by atoms with Gasteiger partial charge >= 0.3 is 5.97 Å². The van der Waals surface area contributed by atoms with E-state index in [1.807, 2.05) is 42.9 Å². The van der Waals surface area contributed by atoms with Gasteiger partial charge < -0.3 is 19.9 Å². The number of anilines is 2. The highest BCUT2D eigenvalue weighted by Crippen LogP contribution is 2.22. The Morgan fingerprint density at radius 3 is 2.76 bits per heavy atom. The number of hydrogen-bond donors (Lipinski definition) is 1. The Hall–Kier alpha value is -2.50. The first kappa shape index (κ1) is 14.9. The van der Waals surface area contributed by atoms with Gasteiger partial charge in [-0.2, -0.15) is 0 Å². The zero-order valence-corrected chi connectivity index (χ0v) is 12.5. The minimum Gasteiger partial charge on any atom is -0.462 e. The summed E-state index contributed by atoms with van der Waals surface area (Å²) in [4.78, 5) is 18.0. The number of rotatable bonds is 5. The summed E-state index contributed by atoms with van der Waals surface area (Å²) in [6, 6.07) is 5.16. The fraction of sp³-hybridized carbons (Fsp3) is 0.333. The summed E-state index contributed by atoms with van der Waals surface area (Å²) in [5.41, 5.74) is 7.81. The molecule has 2 aromatic rings. The van der Waals surface area contributed by atoms with E-state index in [1.165, 1.54) is 0 Å². The molecular weight excluding hydrogens is 268 g/mol. The lowest BCUT2D eigenvalue weighted by molar-refractivity contribution is 0.0507. The van der Waals surface area contributed by atoms with E-state index in [2.05, 4.69) is 4.98 Å².